The molecular weight excluding hydrogens is 467 g/mol. The summed E-state index contributed by atoms with van der Waals surface area (Å²) in [5.74, 6) is -0.624. The fourth-order valence-corrected chi connectivity index (χ4v) is 3.58. The molecule has 4 rings (SSSR count). The summed E-state index contributed by atoms with van der Waals surface area (Å²) in [6.45, 7) is 0.109. The topological polar surface area (TPSA) is 122 Å². The highest BCUT2D eigenvalue weighted by Crippen LogP contribution is 2.27. The average molecular weight is 488 g/mol. The van der Waals surface area contributed by atoms with Crippen molar-refractivity contribution < 1.29 is 23.5 Å². The van der Waals surface area contributed by atoms with Gasteiger partial charge in [-0.1, -0.05) is 0 Å². The number of imidazole rings is 1. The predicted molar refractivity (Wildman–Crippen MR) is 129 cm³/mol. The van der Waals surface area contributed by atoms with E-state index in [0.717, 1.165) is 0 Å². The van der Waals surface area contributed by atoms with E-state index >= 15 is 0 Å². The number of fused-ring (bicyclic) bond motifs is 1. The highest BCUT2D eigenvalue weighted by Gasteiger charge is 2.20. The second-order valence-corrected chi connectivity index (χ2v) is 7.52. The molecule has 0 fully saturated rings. The lowest BCUT2D eigenvalue weighted by Gasteiger charge is -2.22. The Balaban J connectivity index is 1.68. The summed E-state index contributed by atoms with van der Waals surface area (Å²) >= 11 is 0. The molecule has 36 heavy (non-hydrogen) atoms. The maximum atomic E-state index is 13.9. The zero-order valence-corrected chi connectivity index (χ0v) is 19.4. The molecule has 0 bridgehead atoms. The minimum atomic E-state index is -0.632. The summed E-state index contributed by atoms with van der Waals surface area (Å²) in [4.78, 5) is 34.9. The number of rotatable bonds is 7. The second kappa shape index (κ2) is 10.5. The first-order valence-corrected chi connectivity index (χ1v) is 10.8. The van der Waals surface area contributed by atoms with E-state index in [-0.39, 0.29) is 24.6 Å². The van der Waals surface area contributed by atoms with Gasteiger partial charge in [-0.25, -0.2) is 19.2 Å². The van der Waals surface area contributed by atoms with E-state index in [2.05, 4.69) is 20.0 Å². The maximum Gasteiger partial charge on any atom is 0.412 e. The van der Waals surface area contributed by atoms with Gasteiger partial charge in [0.2, 0.25) is 0 Å². The van der Waals surface area contributed by atoms with Crippen LogP contribution in [0.2, 0.25) is 0 Å². The molecule has 0 unspecified atom stereocenters. The van der Waals surface area contributed by atoms with Gasteiger partial charge in [-0.05, 0) is 36.4 Å². The summed E-state index contributed by atoms with van der Waals surface area (Å²) in [6.07, 6.45) is 4.30. The lowest BCUT2D eigenvalue weighted by Crippen LogP contribution is -2.32. The Morgan fingerprint density at radius 1 is 1.14 bits per heavy atom. The van der Waals surface area contributed by atoms with Gasteiger partial charge in [-0.3, -0.25) is 14.5 Å². The van der Waals surface area contributed by atoms with Crippen LogP contribution >= 0.6 is 0 Å². The first kappa shape index (κ1) is 24.2. The molecule has 0 saturated carbocycles. The zero-order chi connectivity index (χ0) is 25.7. The predicted octanol–water partition coefficient (Wildman–Crippen LogP) is 4.28. The smallest absolute Gasteiger partial charge is 0.412 e. The van der Waals surface area contributed by atoms with Gasteiger partial charge in [-0.15, -0.1) is 0 Å². The molecular formula is C25H21FN6O4. The number of hydrogen-bond donors (Lipinski definition) is 1. The highest BCUT2D eigenvalue weighted by atomic mass is 19.1. The maximum absolute atomic E-state index is 13.9. The molecule has 0 aliphatic rings. The Morgan fingerprint density at radius 2 is 1.97 bits per heavy atom. The number of aromatic nitrogens is 3. The van der Waals surface area contributed by atoms with E-state index in [1.807, 2.05) is 6.07 Å². The monoisotopic (exact) mass is 488 g/mol. The summed E-state index contributed by atoms with van der Waals surface area (Å²) in [7, 11) is 2.60. The van der Waals surface area contributed by atoms with Gasteiger partial charge in [0.25, 0.3) is 5.91 Å². The van der Waals surface area contributed by atoms with Crippen LogP contribution in [0.3, 0.4) is 0 Å². The number of halogens is 1. The van der Waals surface area contributed by atoms with Crippen molar-refractivity contribution >= 4 is 29.2 Å². The van der Waals surface area contributed by atoms with E-state index in [9.17, 15) is 14.0 Å². The van der Waals surface area contributed by atoms with Gasteiger partial charge < -0.3 is 14.4 Å². The lowest BCUT2D eigenvalue weighted by molar-refractivity contribution is 0.0987. The van der Waals surface area contributed by atoms with Crippen LogP contribution in [-0.2, 0) is 4.74 Å². The van der Waals surface area contributed by atoms with Crippen LogP contribution in [0.4, 0.5) is 20.7 Å². The molecule has 0 aliphatic heterocycles. The third kappa shape index (κ3) is 4.92. The second-order valence-electron chi connectivity index (χ2n) is 7.52. The lowest BCUT2D eigenvalue weighted by atomic mass is 10.2. The standard InChI is InChI=1S/C25H21FN6O4/c1-35-21-12-18(6-7-19(21)26)31(11-3-10-27)24(33)17-5-9-23-29-14-20(32(23)15-17)16-4-8-22(28-13-16)30-25(34)36-2/h4-9,12-15H,3,11H2,1-2H3,(H,28,30,34). The Labute approximate surface area is 205 Å². The third-order valence-corrected chi connectivity index (χ3v) is 5.37. The quantitative estimate of drug-likeness (QED) is 0.412. The van der Waals surface area contributed by atoms with Crippen LogP contribution in [0.15, 0.2) is 61.1 Å². The molecule has 3 aromatic heterocycles. The van der Waals surface area contributed by atoms with Crippen molar-refractivity contribution in [3.8, 4) is 23.1 Å². The van der Waals surface area contributed by atoms with Crippen LogP contribution < -0.4 is 15.0 Å². The number of benzene rings is 1. The number of nitrogens with zero attached hydrogens (tertiary/aromatic N) is 5. The van der Waals surface area contributed by atoms with Crippen LogP contribution in [0.1, 0.15) is 16.8 Å². The normalized spacial score (nSPS) is 10.5. The summed E-state index contributed by atoms with van der Waals surface area (Å²) in [6, 6.07) is 12.8. The highest BCUT2D eigenvalue weighted by molar-refractivity contribution is 6.06. The van der Waals surface area contributed by atoms with Crippen LogP contribution in [0, 0.1) is 17.1 Å². The number of methoxy groups -OCH3 is 2. The van der Waals surface area contributed by atoms with Gasteiger partial charge in [0.1, 0.15) is 11.5 Å². The van der Waals surface area contributed by atoms with Crippen molar-refractivity contribution in [1.29, 1.82) is 5.26 Å². The fourth-order valence-electron chi connectivity index (χ4n) is 3.58. The van der Waals surface area contributed by atoms with Gasteiger partial charge >= 0.3 is 6.09 Å². The molecule has 0 radical (unpaired) electrons. The molecule has 0 aliphatic carbocycles. The minimum absolute atomic E-state index is 0.00718. The first-order valence-electron chi connectivity index (χ1n) is 10.8. The number of carbonyl (C=O) groups is 2. The molecule has 0 saturated heterocycles. The summed E-state index contributed by atoms with van der Waals surface area (Å²) in [5.41, 5.74) is 2.71. The third-order valence-electron chi connectivity index (χ3n) is 5.37. The number of ether oxygens (including phenoxy) is 2. The van der Waals surface area contributed by atoms with Crippen LogP contribution in [0.5, 0.6) is 5.75 Å². The molecule has 182 valence electrons. The van der Waals surface area contributed by atoms with Gasteiger partial charge in [0, 0.05) is 36.3 Å². The van der Waals surface area contributed by atoms with E-state index in [4.69, 9.17) is 10.00 Å². The number of nitrogens with one attached hydrogen (secondary N) is 1. The van der Waals surface area contributed by atoms with Crippen molar-refractivity contribution in [1.82, 2.24) is 14.4 Å². The number of nitriles is 1. The first-order chi connectivity index (χ1) is 17.4. The summed E-state index contributed by atoms with van der Waals surface area (Å²) < 4.78 is 25.3. The van der Waals surface area contributed by atoms with E-state index in [1.165, 1.54) is 37.3 Å². The van der Waals surface area contributed by atoms with E-state index in [0.29, 0.717) is 34.0 Å². The molecule has 1 aromatic carbocycles. The molecule has 11 heteroatoms. The van der Waals surface area contributed by atoms with E-state index < -0.39 is 11.9 Å². The van der Waals surface area contributed by atoms with Crippen molar-refractivity contribution in [3.63, 3.8) is 0 Å². The van der Waals surface area contributed by atoms with Crippen molar-refractivity contribution in [2.75, 3.05) is 31.0 Å². The number of anilines is 2. The van der Waals surface area contributed by atoms with E-state index in [1.54, 1.807) is 47.3 Å². The van der Waals surface area contributed by atoms with Crippen molar-refractivity contribution in [3.05, 3.63) is 72.4 Å². The van der Waals surface area contributed by atoms with Gasteiger partial charge in [0.15, 0.2) is 11.6 Å². The largest absolute Gasteiger partial charge is 0.494 e. The zero-order valence-electron chi connectivity index (χ0n) is 19.4. The molecule has 1 N–H and O–H groups in total. The molecule has 10 nitrogen and oxygen atoms in total. The Kier molecular flexibility index (Phi) is 7.06. The Hall–Kier alpha value is -4.98. The number of pyridine rings is 2. The van der Waals surface area contributed by atoms with Crippen molar-refractivity contribution in [2.45, 2.75) is 6.42 Å². The summed E-state index contributed by atoms with van der Waals surface area (Å²) in [5, 5.41) is 11.6. The molecule has 2 amide bonds. The fraction of sp³-hybridized carbons (Fsp3) is 0.160. The Morgan fingerprint density at radius 3 is 2.67 bits per heavy atom. The van der Waals surface area contributed by atoms with Crippen LogP contribution in [0.25, 0.3) is 16.9 Å². The number of carbonyl (C=O) groups excluding carboxylic acids is 2. The molecule has 0 spiro atoms. The average Bonchev–Trinajstić information content (AvgIpc) is 3.33. The SMILES string of the molecule is COC(=O)Nc1ccc(-c2cnc3ccc(C(=O)N(CCC#N)c4ccc(F)c(OC)c4)cn23)cn1. The number of hydrogen-bond acceptors (Lipinski definition) is 7. The molecule has 4 aromatic rings. The molecule has 3 heterocycles. The minimum Gasteiger partial charge on any atom is -0.494 e. The van der Waals surface area contributed by atoms with Gasteiger partial charge in [-0.2, -0.15) is 5.26 Å². The molecule has 0 atom stereocenters. The van der Waals surface area contributed by atoms with Crippen molar-refractivity contribution in [2.24, 2.45) is 0 Å². The van der Waals surface area contributed by atoms with Crippen LogP contribution in [-0.4, -0.2) is 47.1 Å². The Bertz CT molecular complexity index is 1460. The van der Waals surface area contributed by atoms with Gasteiger partial charge in [0.05, 0.1) is 44.2 Å². The number of amides is 2.